The lowest BCUT2D eigenvalue weighted by molar-refractivity contribution is -0.384. The Morgan fingerprint density at radius 1 is 1.23 bits per heavy atom. The van der Waals surface area contributed by atoms with Crippen LogP contribution in [0.15, 0.2) is 66.1 Å². The summed E-state index contributed by atoms with van der Waals surface area (Å²) in [5.41, 5.74) is 1.28. The van der Waals surface area contributed by atoms with Gasteiger partial charge >= 0.3 is 0 Å². The number of benzene rings is 2. The zero-order valence-corrected chi connectivity index (χ0v) is 14.7. The van der Waals surface area contributed by atoms with Crippen LogP contribution in [-0.2, 0) is 16.6 Å². The van der Waals surface area contributed by atoms with E-state index in [-0.39, 0.29) is 10.6 Å². The van der Waals surface area contributed by atoms with Crippen LogP contribution in [0.3, 0.4) is 0 Å². The fraction of sp³-hybridized carbons (Fsp3) is 0.118. The lowest BCUT2D eigenvalue weighted by atomic mass is 10.2. The van der Waals surface area contributed by atoms with Crippen LogP contribution in [-0.4, -0.2) is 22.9 Å². The molecule has 0 amide bonds. The number of nitrogens with one attached hydrogen (secondary N) is 1. The molecule has 0 saturated heterocycles. The van der Waals surface area contributed by atoms with E-state index in [9.17, 15) is 18.5 Å². The van der Waals surface area contributed by atoms with Crippen LogP contribution < -0.4 is 4.72 Å². The first-order valence-corrected chi connectivity index (χ1v) is 9.16. The fourth-order valence-corrected chi connectivity index (χ4v) is 3.91. The molecule has 3 rings (SSSR count). The van der Waals surface area contributed by atoms with Gasteiger partial charge in [-0.1, -0.05) is 18.2 Å². The lowest BCUT2D eigenvalue weighted by Gasteiger charge is -2.14. The molecule has 8 nitrogen and oxygen atoms in total. The summed E-state index contributed by atoms with van der Waals surface area (Å²) in [5.74, 6) is 0. The molecule has 2 aromatic carbocycles. The second kappa shape index (κ2) is 6.96. The minimum absolute atomic E-state index is 0.0917. The van der Waals surface area contributed by atoms with Gasteiger partial charge in [0.2, 0.25) is 0 Å². The van der Waals surface area contributed by atoms with Crippen molar-refractivity contribution in [3.8, 4) is 0 Å². The number of imidazole rings is 1. The van der Waals surface area contributed by atoms with E-state index in [1.54, 1.807) is 48.4 Å². The van der Waals surface area contributed by atoms with Crippen LogP contribution in [0.5, 0.6) is 0 Å². The summed E-state index contributed by atoms with van der Waals surface area (Å²) < 4.78 is 30.0. The van der Waals surface area contributed by atoms with Gasteiger partial charge in [-0.05, 0) is 30.2 Å². The van der Waals surface area contributed by atoms with Crippen LogP contribution in [0.25, 0.3) is 0 Å². The minimum atomic E-state index is -3.86. The zero-order valence-electron chi connectivity index (χ0n) is 13.9. The maximum atomic E-state index is 12.9. The van der Waals surface area contributed by atoms with Gasteiger partial charge in [0, 0.05) is 31.1 Å². The summed E-state index contributed by atoms with van der Waals surface area (Å²) in [5, 5.41) is 10.8. The molecule has 9 heteroatoms. The Hall–Kier alpha value is -3.20. The largest absolute Gasteiger partial charge is 0.333 e. The SMILES string of the molecule is Cc1cc([N+](=O)[O-])ccc1NS(=O)(=O)c1ccccc1Cn1ccnc1. The molecule has 0 bridgehead atoms. The molecular weight excluding hydrogens is 356 g/mol. The molecule has 3 aromatic rings. The van der Waals surface area contributed by atoms with E-state index < -0.39 is 14.9 Å². The second-order valence-corrected chi connectivity index (χ2v) is 7.36. The zero-order chi connectivity index (χ0) is 18.7. The van der Waals surface area contributed by atoms with Gasteiger partial charge < -0.3 is 4.57 Å². The van der Waals surface area contributed by atoms with E-state index in [4.69, 9.17) is 0 Å². The Bertz CT molecular complexity index is 1050. The van der Waals surface area contributed by atoms with Gasteiger partial charge in [0.05, 0.1) is 21.8 Å². The third kappa shape index (κ3) is 3.72. The highest BCUT2D eigenvalue weighted by Crippen LogP contribution is 2.25. The van der Waals surface area contributed by atoms with Crippen LogP contribution in [0.4, 0.5) is 11.4 Å². The molecule has 1 N–H and O–H groups in total. The first kappa shape index (κ1) is 17.6. The van der Waals surface area contributed by atoms with Crippen LogP contribution in [0.1, 0.15) is 11.1 Å². The molecule has 1 aromatic heterocycles. The molecule has 0 saturated carbocycles. The maximum absolute atomic E-state index is 12.9. The summed E-state index contributed by atoms with van der Waals surface area (Å²) >= 11 is 0. The average molecular weight is 372 g/mol. The predicted molar refractivity (Wildman–Crippen MR) is 96.4 cm³/mol. The monoisotopic (exact) mass is 372 g/mol. The summed E-state index contributed by atoms with van der Waals surface area (Å²) in [4.78, 5) is 14.4. The summed E-state index contributed by atoms with van der Waals surface area (Å²) in [6.07, 6.45) is 4.98. The van der Waals surface area contributed by atoms with Gasteiger partial charge in [-0.15, -0.1) is 0 Å². The number of nitro benzene ring substituents is 1. The van der Waals surface area contributed by atoms with Gasteiger partial charge in [0.15, 0.2) is 0 Å². The van der Waals surface area contributed by atoms with Crippen molar-refractivity contribution < 1.29 is 13.3 Å². The Morgan fingerprint density at radius 3 is 2.65 bits per heavy atom. The highest BCUT2D eigenvalue weighted by Gasteiger charge is 2.20. The number of anilines is 1. The molecular formula is C17H16N4O4S. The Morgan fingerprint density at radius 2 is 2.00 bits per heavy atom. The van der Waals surface area contributed by atoms with Gasteiger partial charge in [-0.2, -0.15) is 0 Å². The summed E-state index contributed by atoms with van der Waals surface area (Å²) in [6, 6.07) is 10.7. The summed E-state index contributed by atoms with van der Waals surface area (Å²) in [7, 11) is -3.86. The van der Waals surface area contributed by atoms with Gasteiger partial charge in [-0.3, -0.25) is 14.8 Å². The first-order valence-electron chi connectivity index (χ1n) is 7.68. The van der Waals surface area contributed by atoms with E-state index in [2.05, 4.69) is 9.71 Å². The van der Waals surface area contributed by atoms with Crippen molar-refractivity contribution in [2.45, 2.75) is 18.4 Å². The number of sulfonamides is 1. The number of hydrogen-bond donors (Lipinski definition) is 1. The van der Waals surface area contributed by atoms with Crippen molar-refractivity contribution >= 4 is 21.4 Å². The van der Waals surface area contributed by atoms with Gasteiger partial charge in [-0.25, -0.2) is 13.4 Å². The van der Waals surface area contributed by atoms with Crippen LogP contribution >= 0.6 is 0 Å². The Labute approximate surface area is 150 Å². The number of nitro groups is 1. The van der Waals surface area contributed by atoms with Crippen molar-refractivity contribution in [1.82, 2.24) is 9.55 Å². The predicted octanol–water partition coefficient (Wildman–Crippen LogP) is 2.95. The second-order valence-electron chi connectivity index (χ2n) is 5.70. The lowest BCUT2D eigenvalue weighted by Crippen LogP contribution is -2.16. The number of hydrogen-bond acceptors (Lipinski definition) is 5. The first-order chi connectivity index (χ1) is 12.4. The van der Waals surface area contributed by atoms with E-state index >= 15 is 0 Å². The molecule has 0 spiro atoms. The van der Waals surface area contributed by atoms with Gasteiger partial charge in [0.25, 0.3) is 15.7 Å². The highest BCUT2D eigenvalue weighted by atomic mass is 32.2. The quantitative estimate of drug-likeness (QED) is 0.529. The van der Waals surface area contributed by atoms with Crippen LogP contribution in [0.2, 0.25) is 0 Å². The van der Waals surface area contributed by atoms with Crippen molar-refractivity contribution in [1.29, 1.82) is 0 Å². The number of aromatic nitrogens is 2. The Kier molecular flexibility index (Phi) is 4.72. The molecule has 0 radical (unpaired) electrons. The molecule has 0 fully saturated rings. The third-order valence-electron chi connectivity index (χ3n) is 3.84. The smallest absolute Gasteiger partial charge is 0.269 e. The average Bonchev–Trinajstić information content (AvgIpc) is 3.10. The van der Waals surface area contributed by atoms with Crippen molar-refractivity contribution in [3.63, 3.8) is 0 Å². The topological polar surface area (TPSA) is 107 Å². The van der Waals surface area contributed by atoms with Crippen molar-refractivity contribution in [2.75, 3.05) is 4.72 Å². The number of nitrogens with zero attached hydrogens (tertiary/aromatic N) is 3. The number of rotatable bonds is 6. The highest BCUT2D eigenvalue weighted by molar-refractivity contribution is 7.92. The normalized spacial score (nSPS) is 11.3. The minimum Gasteiger partial charge on any atom is -0.333 e. The number of aryl methyl sites for hydroxylation is 1. The molecule has 0 unspecified atom stereocenters. The van der Waals surface area contributed by atoms with Gasteiger partial charge in [0.1, 0.15) is 0 Å². The molecule has 0 aliphatic rings. The molecule has 26 heavy (non-hydrogen) atoms. The Balaban J connectivity index is 1.93. The molecule has 1 heterocycles. The van der Waals surface area contributed by atoms with Crippen molar-refractivity contribution in [3.05, 3.63) is 82.4 Å². The third-order valence-corrected chi connectivity index (χ3v) is 5.31. The van der Waals surface area contributed by atoms with E-state index in [0.29, 0.717) is 23.4 Å². The van der Waals surface area contributed by atoms with Crippen molar-refractivity contribution in [2.24, 2.45) is 0 Å². The molecule has 0 aliphatic heterocycles. The molecule has 134 valence electrons. The standard InChI is InChI=1S/C17H16N4O4S/c1-13-10-15(21(22)23)6-7-16(13)19-26(24,25)17-5-3-2-4-14(17)11-20-9-8-18-12-20/h2-10,12,19H,11H2,1H3. The van der Waals surface area contributed by atoms with E-state index in [0.717, 1.165) is 0 Å². The van der Waals surface area contributed by atoms with Crippen LogP contribution in [0, 0.1) is 17.0 Å². The van der Waals surface area contributed by atoms with E-state index in [1.807, 2.05) is 0 Å². The molecule has 0 aliphatic carbocycles. The number of non-ortho nitro benzene ring substituents is 1. The fourth-order valence-electron chi connectivity index (χ4n) is 2.55. The summed E-state index contributed by atoms with van der Waals surface area (Å²) in [6.45, 7) is 1.97. The maximum Gasteiger partial charge on any atom is 0.269 e. The van der Waals surface area contributed by atoms with E-state index in [1.165, 1.54) is 24.3 Å². The molecule has 0 atom stereocenters.